The predicted molar refractivity (Wildman–Crippen MR) is 101 cm³/mol. The fraction of sp³-hybridized carbons (Fsp3) is 0.211. The topological polar surface area (TPSA) is 82.4 Å². The summed E-state index contributed by atoms with van der Waals surface area (Å²) in [5.41, 5.74) is -0.114. The number of carbonyl (C=O) groups is 2. The van der Waals surface area contributed by atoms with Gasteiger partial charge in [0, 0.05) is 5.02 Å². The third-order valence-electron chi connectivity index (χ3n) is 4.33. The van der Waals surface area contributed by atoms with Gasteiger partial charge in [0.05, 0.1) is 23.2 Å². The summed E-state index contributed by atoms with van der Waals surface area (Å²) < 4.78 is 5.55. The highest BCUT2D eigenvalue weighted by atomic mass is 35.5. The van der Waals surface area contributed by atoms with Crippen molar-refractivity contribution in [1.29, 1.82) is 5.26 Å². The molecule has 3 rings (SSSR count). The van der Waals surface area contributed by atoms with Crippen LogP contribution in [0.3, 0.4) is 0 Å². The molecule has 8 heteroatoms. The second-order valence-corrected chi connectivity index (χ2v) is 6.97. The van der Waals surface area contributed by atoms with E-state index in [-0.39, 0.29) is 19.1 Å². The number of imide groups is 1. The van der Waals surface area contributed by atoms with Crippen LogP contribution in [0, 0.1) is 11.3 Å². The number of urea groups is 1. The Kier molecular flexibility index (Phi) is 5.26. The highest BCUT2D eigenvalue weighted by molar-refractivity contribution is 6.35. The van der Waals surface area contributed by atoms with E-state index in [2.05, 4.69) is 5.32 Å². The summed E-state index contributed by atoms with van der Waals surface area (Å²) in [4.78, 5) is 26.2. The van der Waals surface area contributed by atoms with Crippen molar-refractivity contribution in [3.8, 4) is 11.8 Å². The standard InChI is InChI=1S/C19H15Cl2N3O3/c1-19(13-4-2-12(11-22)3-5-13)17(25)24(18(26)23-19)8-9-27-16-7-6-14(20)10-15(16)21/h2-7,10H,8-9H2,1H3,(H,23,26). The minimum absolute atomic E-state index is 0.0650. The molecule has 3 amide bonds. The summed E-state index contributed by atoms with van der Waals surface area (Å²) >= 11 is 11.9. The summed E-state index contributed by atoms with van der Waals surface area (Å²) in [6, 6.07) is 12.9. The maximum absolute atomic E-state index is 12.8. The number of hydrogen-bond acceptors (Lipinski definition) is 4. The molecule has 1 fully saturated rings. The molecule has 0 saturated carbocycles. The van der Waals surface area contributed by atoms with Gasteiger partial charge in [0.25, 0.3) is 5.91 Å². The minimum Gasteiger partial charge on any atom is -0.490 e. The zero-order valence-corrected chi connectivity index (χ0v) is 15.8. The molecule has 1 heterocycles. The second-order valence-electron chi connectivity index (χ2n) is 6.12. The molecular formula is C19H15Cl2N3O3. The molecule has 6 nitrogen and oxygen atoms in total. The van der Waals surface area contributed by atoms with Crippen LogP contribution in [0.15, 0.2) is 42.5 Å². The van der Waals surface area contributed by atoms with E-state index in [0.717, 1.165) is 4.90 Å². The van der Waals surface area contributed by atoms with Gasteiger partial charge in [0.2, 0.25) is 0 Å². The van der Waals surface area contributed by atoms with Gasteiger partial charge >= 0.3 is 6.03 Å². The third-order valence-corrected chi connectivity index (χ3v) is 4.86. The van der Waals surface area contributed by atoms with Crippen molar-refractivity contribution in [3.05, 3.63) is 63.6 Å². The van der Waals surface area contributed by atoms with E-state index in [1.807, 2.05) is 6.07 Å². The van der Waals surface area contributed by atoms with Crippen molar-refractivity contribution in [2.24, 2.45) is 0 Å². The number of carbonyl (C=O) groups excluding carboxylic acids is 2. The van der Waals surface area contributed by atoms with E-state index in [9.17, 15) is 9.59 Å². The lowest BCUT2D eigenvalue weighted by molar-refractivity contribution is -0.131. The maximum Gasteiger partial charge on any atom is 0.325 e. The van der Waals surface area contributed by atoms with Crippen LogP contribution in [-0.4, -0.2) is 30.0 Å². The fourth-order valence-electron chi connectivity index (χ4n) is 2.81. The Morgan fingerprint density at radius 3 is 2.52 bits per heavy atom. The van der Waals surface area contributed by atoms with Crippen LogP contribution < -0.4 is 10.1 Å². The largest absolute Gasteiger partial charge is 0.490 e. The van der Waals surface area contributed by atoms with Gasteiger partial charge in [-0.1, -0.05) is 35.3 Å². The first-order valence-electron chi connectivity index (χ1n) is 8.08. The average Bonchev–Trinajstić information content (AvgIpc) is 2.87. The molecule has 1 aliphatic rings. The average molecular weight is 404 g/mol. The molecule has 138 valence electrons. The SMILES string of the molecule is CC1(c2ccc(C#N)cc2)NC(=O)N(CCOc2ccc(Cl)cc2Cl)C1=O. The van der Waals surface area contributed by atoms with Gasteiger partial charge in [-0.25, -0.2) is 4.79 Å². The molecule has 1 unspecified atom stereocenters. The predicted octanol–water partition coefficient (Wildman–Crippen LogP) is 3.71. The Labute approximate surface area is 166 Å². The van der Waals surface area contributed by atoms with Crippen molar-refractivity contribution in [2.75, 3.05) is 13.2 Å². The van der Waals surface area contributed by atoms with Crippen LogP contribution >= 0.6 is 23.2 Å². The lowest BCUT2D eigenvalue weighted by atomic mass is 9.91. The molecule has 1 aliphatic heterocycles. The molecule has 0 aromatic heterocycles. The van der Waals surface area contributed by atoms with Crippen LogP contribution in [0.25, 0.3) is 0 Å². The Bertz CT molecular complexity index is 940. The van der Waals surface area contributed by atoms with Gasteiger partial charge in [-0.05, 0) is 42.8 Å². The van der Waals surface area contributed by atoms with Crippen LogP contribution in [-0.2, 0) is 10.3 Å². The van der Waals surface area contributed by atoms with E-state index in [4.69, 9.17) is 33.2 Å². The molecule has 0 spiro atoms. The number of amides is 3. The molecule has 0 aliphatic carbocycles. The van der Waals surface area contributed by atoms with E-state index in [1.54, 1.807) is 49.4 Å². The third kappa shape index (κ3) is 3.70. The van der Waals surface area contributed by atoms with Crippen molar-refractivity contribution in [2.45, 2.75) is 12.5 Å². The summed E-state index contributed by atoms with van der Waals surface area (Å²) in [5.74, 6) is 0.0333. The van der Waals surface area contributed by atoms with Gasteiger partial charge in [0.15, 0.2) is 0 Å². The first-order chi connectivity index (χ1) is 12.8. The Morgan fingerprint density at radius 2 is 1.89 bits per heavy atom. The van der Waals surface area contributed by atoms with Gasteiger partial charge in [-0.3, -0.25) is 9.69 Å². The van der Waals surface area contributed by atoms with Crippen LogP contribution in [0.5, 0.6) is 5.75 Å². The van der Waals surface area contributed by atoms with E-state index < -0.39 is 11.6 Å². The maximum atomic E-state index is 12.8. The van der Waals surface area contributed by atoms with Crippen molar-refractivity contribution in [3.63, 3.8) is 0 Å². The number of benzene rings is 2. The highest BCUT2D eigenvalue weighted by Crippen LogP contribution is 2.30. The molecule has 1 N–H and O–H groups in total. The zero-order chi connectivity index (χ0) is 19.6. The molecule has 2 aromatic carbocycles. The van der Waals surface area contributed by atoms with Crippen molar-refractivity contribution < 1.29 is 14.3 Å². The van der Waals surface area contributed by atoms with Crippen LogP contribution in [0.2, 0.25) is 10.0 Å². The zero-order valence-electron chi connectivity index (χ0n) is 14.3. The van der Waals surface area contributed by atoms with E-state index in [0.29, 0.717) is 26.9 Å². The molecule has 0 bridgehead atoms. The van der Waals surface area contributed by atoms with Crippen LogP contribution in [0.1, 0.15) is 18.1 Å². The number of rotatable bonds is 5. The quantitative estimate of drug-likeness (QED) is 0.771. The lowest BCUT2D eigenvalue weighted by Gasteiger charge is -2.22. The van der Waals surface area contributed by atoms with Crippen molar-refractivity contribution >= 4 is 35.1 Å². The number of nitrogens with zero attached hydrogens (tertiary/aromatic N) is 2. The summed E-state index contributed by atoms with van der Waals surface area (Å²) in [7, 11) is 0. The normalized spacial score (nSPS) is 19.0. The first-order valence-corrected chi connectivity index (χ1v) is 8.83. The van der Waals surface area contributed by atoms with Crippen LogP contribution in [0.4, 0.5) is 4.79 Å². The highest BCUT2D eigenvalue weighted by Gasteiger charge is 2.48. The first kappa shape index (κ1) is 19.0. The number of nitriles is 1. The molecular weight excluding hydrogens is 389 g/mol. The smallest absolute Gasteiger partial charge is 0.325 e. The summed E-state index contributed by atoms with van der Waals surface area (Å²) in [5, 5.41) is 12.4. The Morgan fingerprint density at radius 1 is 1.19 bits per heavy atom. The summed E-state index contributed by atoms with van der Waals surface area (Å²) in [6.45, 7) is 1.78. The van der Waals surface area contributed by atoms with E-state index in [1.165, 1.54) is 0 Å². The van der Waals surface area contributed by atoms with Gasteiger partial charge in [-0.2, -0.15) is 5.26 Å². The Hall–Kier alpha value is -2.75. The number of nitrogens with one attached hydrogen (secondary N) is 1. The van der Waals surface area contributed by atoms with Crippen molar-refractivity contribution in [1.82, 2.24) is 10.2 Å². The number of halogens is 2. The second kappa shape index (κ2) is 7.47. The number of hydrogen-bond donors (Lipinski definition) is 1. The molecule has 1 saturated heterocycles. The minimum atomic E-state index is -1.19. The molecule has 0 radical (unpaired) electrons. The fourth-order valence-corrected chi connectivity index (χ4v) is 3.28. The van der Waals surface area contributed by atoms with Gasteiger partial charge < -0.3 is 10.1 Å². The molecule has 27 heavy (non-hydrogen) atoms. The monoisotopic (exact) mass is 403 g/mol. The van der Waals surface area contributed by atoms with Gasteiger partial charge in [-0.15, -0.1) is 0 Å². The summed E-state index contributed by atoms with van der Waals surface area (Å²) in [6.07, 6.45) is 0. The Balaban J connectivity index is 1.69. The molecule has 2 aromatic rings. The van der Waals surface area contributed by atoms with E-state index >= 15 is 0 Å². The number of ether oxygens (including phenoxy) is 1. The lowest BCUT2D eigenvalue weighted by Crippen LogP contribution is -2.41. The molecule has 1 atom stereocenters. The van der Waals surface area contributed by atoms with Gasteiger partial charge in [0.1, 0.15) is 17.9 Å².